The molecule has 2 N–H and O–H groups in total. The molecule has 1 aromatic carbocycles. The lowest BCUT2D eigenvalue weighted by atomic mass is 10.1. The summed E-state index contributed by atoms with van der Waals surface area (Å²) in [5.41, 5.74) is 7.00. The molecule has 0 fully saturated rings. The van der Waals surface area contributed by atoms with E-state index in [4.69, 9.17) is 26.6 Å². The van der Waals surface area contributed by atoms with Gasteiger partial charge in [0.2, 0.25) is 17.6 Å². The molecule has 0 saturated heterocycles. The molecule has 8 nitrogen and oxygen atoms in total. The molecule has 33 heavy (non-hydrogen) atoms. The molecule has 4 rings (SSSR count). The number of benzene rings is 1. The van der Waals surface area contributed by atoms with E-state index in [9.17, 15) is 18.0 Å². The third-order valence-electron chi connectivity index (χ3n) is 4.61. The van der Waals surface area contributed by atoms with Gasteiger partial charge in [-0.25, -0.2) is 4.98 Å². The van der Waals surface area contributed by atoms with Gasteiger partial charge in [0.1, 0.15) is 11.6 Å². The number of hydrogen-bond donors (Lipinski definition) is 1. The number of nitrogens with zero attached hydrogens (tertiary/aromatic N) is 4. The summed E-state index contributed by atoms with van der Waals surface area (Å²) in [7, 11) is 0. The van der Waals surface area contributed by atoms with E-state index < -0.39 is 18.2 Å². The maximum absolute atomic E-state index is 12.7. The lowest BCUT2D eigenvalue weighted by Crippen LogP contribution is -2.31. The van der Waals surface area contributed by atoms with Crippen molar-refractivity contribution in [1.29, 1.82) is 0 Å². The first-order valence-corrected chi connectivity index (χ1v) is 9.61. The van der Waals surface area contributed by atoms with Gasteiger partial charge in [-0.15, -0.1) is 0 Å². The zero-order chi connectivity index (χ0) is 23.0. The smallest absolute Gasteiger partial charge is 0.425 e. The van der Waals surface area contributed by atoms with Crippen LogP contribution in [0.15, 0.2) is 47.2 Å². The highest BCUT2D eigenvalue weighted by Gasteiger charge is 2.38. The quantitative estimate of drug-likeness (QED) is 0.421. The van der Waals surface area contributed by atoms with E-state index in [1.807, 2.05) is 6.07 Å². The monoisotopic (exact) mass is 481 g/mol. The van der Waals surface area contributed by atoms with Gasteiger partial charge in [-0.05, 0) is 25.1 Å². The van der Waals surface area contributed by atoms with Crippen LogP contribution in [0.25, 0.3) is 33.7 Å². The Morgan fingerprint density at radius 1 is 1.33 bits per heavy atom. The summed E-state index contributed by atoms with van der Waals surface area (Å²) in [4.78, 5) is 19.5. The van der Waals surface area contributed by atoms with Crippen LogP contribution in [-0.2, 0) is 11.3 Å². The Hall–Kier alpha value is -3.60. The number of ether oxygens (including phenoxy) is 1. The molecule has 0 spiro atoms. The molecule has 0 unspecified atom stereocenters. The Kier molecular flexibility index (Phi) is 6.63. The molecular formula is C21H19ClF3N5O3. The Balaban J connectivity index is 0.00000306. The summed E-state index contributed by atoms with van der Waals surface area (Å²) < 4.78 is 49.9. The predicted molar refractivity (Wildman–Crippen MR) is 116 cm³/mol. The molecule has 0 aliphatic carbocycles. The van der Waals surface area contributed by atoms with Crippen LogP contribution in [0.1, 0.15) is 14.4 Å². The summed E-state index contributed by atoms with van der Waals surface area (Å²) in [5.74, 6) is -0.500. The van der Waals surface area contributed by atoms with Crippen LogP contribution in [0.4, 0.5) is 13.2 Å². The molecule has 12 heteroatoms. The number of halogens is 4. The molecule has 3 heterocycles. The van der Waals surface area contributed by atoms with Crippen LogP contribution < -0.4 is 10.5 Å². The van der Waals surface area contributed by atoms with Crippen LogP contribution in [0, 0.1) is 0 Å². The first kappa shape index (κ1) is 24.1. The molecule has 0 aliphatic heterocycles. The van der Waals surface area contributed by atoms with Gasteiger partial charge in [0, 0.05) is 28.9 Å². The minimum Gasteiger partial charge on any atom is -0.464 e. The maximum atomic E-state index is 12.7. The number of carbonyl (C=O) groups is 1. The first-order valence-electron chi connectivity index (χ1n) is 9.23. The van der Waals surface area contributed by atoms with E-state index >= 15 is 0 Å². The molecule has 0 aliphatic rings. The second-order valence-corrected chi connectivity index (χ2v) is 7.29. The van der Waals surface area contributed by atoms with Crippen molar-refractivity contribution in [3.05, 3.63) is 47.7 Å². The Labute approximate surface area is 191 Å². The highest BCUT2D eigenvalue weighted by Crippen LogP contribution is 2.33. The van der Waals surface area contributed by atoms with Crippen LogP contribution in [-0.4, -0.2) is 37.9 Å². The molecular weight excluding hydrogens is 463 g/mol. The fourth-order valence-electron chi connectivity index (χ4n) is 3.04. The molecule has 174 valence electrons. The van der Waals surface area contributed by atoms with Crippen molar-refractivity contribution < 1.29 is 27.2 Å². The summed E-state index contributed by atoms with van der Waals surface area (Å²) in [5, 5.41) is 4.62. The van der Waals surface area contributed by atoms with E-state index in [0.29, 0.717) is 11.1 Å². The summed E-state index contributed by atoms with van der Waals surface area (Å²) in [6.45, 7) is 0.878. The Morgan fingerprint density at radius 3 is 2.76 bits per heavy atom. The predicted octanol–water partition coefficient (Wildman–Crippen LogP) is 4.86. The third kappa shape index (κ3) is 4.92. The van der Waals surface area contributed by atoms with Gasteiger partial charge in [-0.2, -0.15) is 18.2 Å². The maximum Gasteiger partial charge on any atom is 0.425 e. The Bertz CT molecular complexity index is 1300. The number of primary amides is 1. The van der Waals surface area contributed by atoms with Gasteiger partial charge in [0.25, 0.3) is 5.89 Å². The van der Waals surface area contributed by atoms with Crippen LogP contribution in [0.5, 0.6) is 5.88 Å². The number of aromatic nitrogens is 4. The van der Waals surface area contributed by atoms with Crippen molar-refractivity contribution in [3.8, 4) is 28.7 Å². The number of alkyl halides is 3. The highest BCUT2D eigenvalue weighted by atomic mass is 35.5. The van der Waals surface area contributed by atoms with E-state index in [1.165, 1.54) is 12.3 Å². The summed E-state index contributed by atoms with van der Waals surface area (Å²) >= 11 is 6.03. The second kappa shape index (κ2) is 9.10. The number of pyridine rings is 1. The fourth-order valence-corrected chi connectivity index (χ4v) is 3.25. The normalized spacial score (nSPS) is 12.4. The van der Waals surface area contributed by atoms with Gasteiger partial charge < -0.3 is 19.6 Å². The highest BCUT2D eigenvalue weighted by molar-refractivity contribution is 6.32. The first-order chi connectivity index (χ1) is 15.1. The third-order valence-corrected chi connectivity index (χ3v) is 4.88. The number of carbonyl (C=O) groups excluding carboxylic acids is 1. The molecule has 4 aromatic rings. The van der Waals surface area contributed by atoms with E-state index in [1.54, 1.807) is 29.0 Å². The van der Waals surface area contributed by atoms with Crippen molar-refractivity contribution in [2.75, 3.05) is 0 Å². The molecule has 0 radical (unpaired) electrons. The van der Waals surface area contributed by atoms with Gasteiger partial charge >= 0.3 is 6.18 Å². The number of amides is 1. The molecule has 1 amide bonds. The zero-order valence-electron chi connectivity index (χ0n) is 16.4. The zero-order valence-corrected chi connectivity index (χ0v) is 17.2. The standard InChI is InChI=1S/C20H15ClF3N5O3.CH4/c1-10(20(22,23)24)31-19-14(21)7-11(8-26-19)18-27-17(28-32-18)13-3-2-4-15-12(13)5-6-29(15)9-16(25)30;/h2-8,10H,9H2,1H3,(H2,25,30);1H4/t10-;/m0./s1. The number of hydrogen-bond acceptors (Lipinski definition) is 6. The fraction of sp³-hybridized carbons (Fsp3) is 0.238. The van der Waals surface area contributed by atoms with Crippen molar-refractivity contribution in [2.24, 2.45) is 5.73 Å². The van der Waals surface area contributed by atoms with Gasteiger partial charge in [-0.3, -0.25) is 4.79 Å². The topological polar surface area (TPSA) is 109 Å². The van der Waals surface area contributed by atoms with Crippen molar-refractivity contribution in [1.82, 2.24) is 19.7 Å². The van der Waals surface area contributed by atoms with Crippen molar-refractivity contribution in [2.45, 2.75) is 33.2 Å². The van der Waals surface area contributed by atoms with Crippen molar-refractivity contribution in [3.63, 3.8) is 0 Å². The van der Waals surface area contributed by atoms with E-state index in [0.717, 1.165) is 17.8 Å². The molecule has 1 atom stereocenters. The lowest BCUT2D eigenvalue weighted by molar-refractivity contribution is -0.189. The lowest BCUT2D eigenvalue weighted by Gasteiger charge is -2.17. The van der Waals surface area contributed by atoms with Crippen LogP contribution in [0.2, 0.25) is 5.02 Å². The van der Waals surface area contributed by atoms with Crippen LogP contribution >= 0.6 is 11.6 Å². The minimum absolute atomic E-state index is 0. The van der Waals surface area contributed by atoms with E-state index in [-0.39, 0.29) is 36.6 Å². The Morgan fingerprint density at radius 2 is 2.09 bits per heavy atom. The minimum atomic E-state index is -4.55. The molecule has 3 aromatic heterocycles. The van der Waals surface area contributed by atoms with Gasteiger partial charge in [0.15, 0.2) is 6.10 Å². The second-order valence-electron chi connectivity index (χ2n) is 6.88. The van der Waals surface area contributed by atoms with Gasteiger partial charge in [0.05, 0.1) is 5.56 Å². The van der Waals surface area contributed by atoms with Crippen molar-refractivity contribution >= 4 is 28.4 Å². The summed E-state index contributed by atoms with van der Waals surface area (Å²) in [6, 6.07) is 8.52. The SMILES string of the molecule is C.C[C@H](Oc1ncc(-c2nc(-c3cccc4c3ccn4CC(N)=O)no2)cc1Cl)C(F)(F)F. The van der Waals surface area contributed by atoms with Gasteiger partial charge in [-0.1, -0.05) is 36.3 Å². The van der Waals surface area contributed by atoms with E-state index in [2.05, 4.69) is 15.1 Å². The molecule has 0 bridgehead atoms. The van der Waals surface area contributed by atoms with Crippen LogP contribution in [0.3, 0.4) is 0 Å². The number of fused-ring (bicyclic) bond motifs is 1. The number of rotatable bonds is 6. The number of nitrogens with two attached hydrogens (primary N) is 1. The summed E-state index contributed by atoms with van der Waals surface area (Å²) in [6.07, 6.45) is -3.67. The molecule has 0 saturated carbocycles. The average molecular weight is 482 g/mol. The largest absolute Gasteiger partial charge is 0.464 e. The average Bonchev–Trinajstić information content (AvgIpc) is 3.36.